The van der Waals surface area contributed by atoms with Gasteiger partial charge in [0.1, 0.15) is 5.75 Å². The van der Waals surface area contributed by atoms with Gasteiger partial charge in [0.25, 0.3) is 0 Å². The van der Waals surface area contributed by atoms with Crippen LogP contribution in [0.4, 0.5) is 4.79 Å². The van der Waals surface area contributed by atoms with Gasteiger partial charge in [-0.2, -0.15) is 0 Å². The average molecular weight is 396 g/mol. The molecule has 29 heavy (non-hydrogen) atoms. The Labute approximate surface area is 172 Å². The molecule has 4 rings (SSSR count). The molecule has 2 fully saturated rings. The maximum Gasteiger partial charge on any atom is 0.415 e. The molecule has 0 aromatic heterocycles. The van der Waals surface area contributed by atoms with Crippen LogP contribution in [0, 0.1) is 0 Å². The summed E-state index contributed by atoms with van der Waals surface area (Å²) in [5, 5.41) is 0. The lowest BCUT2D eigenvalue weighted by Crippen LogP contribution is -2.57. The molecule has 0 bridgehead atoms. The Hall–Kier alpha value is -2.41. The number of ether oxygens (including phenoxy) is 2. The second kappa shape index (κ2) is 8.53. The third-order valence-electron chi connectivity index (χ3n) is 6.07. The second-order valence-corrected chi connectivity index (χ2v) is 7.90. The number of hydrogen-bond acceptors (Lipinski definition) is 5. The smallest absolute Gasteiger partial charge is 0.410 e. The van der Waals surface area contributed by atoms with Crippen molar-refractivity contribution in [1.29, 1.82) is 0 Å². The first-order valence-electron chi connectivity index (χ1n) is 10.3. The fraction of sp³-hybridized carbons (Fsp3) is 0.435. The zero-order chi connectivity index (χ0) is 20.3. The number of nitrogens with two attached hydrogens (primary N) is 1. The topological polar surface area (TPSA) is 68.0 Å². The predicted octanol–water partition coefficient (Wildman–Crippen LogP) is 3.14. The molecule has 2 N–H and O–H groups in total. The van der Waals surface area contributed by atoms with Crippen molar-refractivity contribution < 1.29 is 14.3 Å². The number of benzene rings is 2. The van der Waals surface area contributed by atoms with E-state index < -0.39 is 0 Å². The van der Waals surface area contributed by atoms with Crippen molar-refractivity contribution >= 4 is 6.09 Å². The monoisotopic (exact) mass is 395 g/mol. The Morgan fingerprint density at radius 2 is 1.76 bits per heavy atom. The van der Waals surface area contributed by atoms with E-state index in [-0.39, 0.29) is 17.7 Å². The molecule has 2 aliphatic rings. The van der Waals surface area contributed by atoms with Crippen LogP contribution in [0.25, 0.3) is 0 Å². The number of piperazine rings is 1. The van der Waals surface area contributed by atoms with E-state index in [2.05, 4.69) is 29.2 Å². The van der Waals surface area contributed by atoms with Crippen LogP contribution in [-0.2, 0) is 10.3 Å². The predicted molar refractivity (Wildman–Crippen MR) is 112 cm³/mol. The normalized spacial score (nSPS) is 23.7. The van der Waals surface area contributed by atoms with Gasteiger partial charge in [-0.15, -0.1) is 0 Å². The van der Waals surface area contributed by atoms with E-state index in [1.54, 1.807) is 17.0 Å². The summed E-state index contributed by atoms with van der Waals surface area (Å²) in [5.41, 5.74) is 8.27. The lowest BCUT2D eigenvalue weighted by molar-refractivity contribution is 0.0235. The van der Waals surface area contributed by atoms with Gasteiger partial charge in [-0.05, 0) is 36.6 Å². The van der Waals surface area contributed by atoms with E-state index in [1.165, 1.54) is 5.56 Å². The highest BCUT2D eigenvalue weighted by Gasteiger charge is 2.43. The van der Waals surface area contributed by atoms with Crippen molar-refractivity contribution in [2.45, 2.75) is 24.9 Å². The van der Waals surface area contributed by atoms with Crippen molar-refractivity contribution in [3.05, 3.63) is 65.7 Å². The number of amides is 1. The summed E-state index contributed by atoms with van der Waals surface area (Å²) < 4.78 is 11.3. The van der Waals surface area contributed by atoms with Crippen molar-refractivity contribution in [2.75, 3.05) is 39.4 Å². The van der Waals surface area contributed by atoms with Gasteiger partial charge in [-0.1, -0.05) is 42.5 Å². The molecule has 154 valence electrons. The molecule has 2 atom stereocenters. The summed E-state index contributed by atoms with van der Waals surface area (Å²) in [6.07, 6.45) is 0.674. The highest BCUT2D eigenvalue weighted by Crippen LogP contribution is 2.38. The van der Waals surface area contributed by atoms with Gasteiger partial charge in [-0.3, -0.25) is 4.90 Å². The zero-order valence-corrected chi connectivity index (χ0v) is 16.9. The molecule has 0 radical (unpaired) electrons. The Morgan fingerprint density at radius 1 is 1.07 bits per heavy atom. The van der Waals surface area contributed by atoms with Gasteiger partial charge in [0, 0.05) is 38.8 Å². The summed E-state index contributed by atoms with van der Waals surface area (Å²) in [4.78, 5) is 16.7. The molecule has 1 unspecified atom stereocenters. The molecule has 6 heteroatoms. The van der Waals surface area contributed by atoms with Crippen LogP contribution in [0.3, 0.4) is 0 Å². The Bertz CT molecular complexity index is 809. The minimum Gasteiger partial charge on any atom is -0.410 e. The van der Waals surface area contributed by atoms with Crippen LogP contribution >= 0.6 is 0 Å². The lowest BCUT2D eigenvalue weighted by atomic mass is 9.85. The number of hydrogen-bond donors (Lipinski definition) is 1. The van der Waals surface area contributed by atoms with E-state index in [4.69, 9.17) is 15.2 Å². The molecule has 0 spiro atoms. The van der Waals surface area contributed by atoms with Crippen molar-refractivity contribution in [2.24, 2.45) is 5.73 Å². The van der Waals surface area contributed by atoms with Crippen molar-refractivity contribution in [3.8, 4) is 5.75 Å². The van der Waals surface area contributed by atoms with Crippen molar-refractivity contribution in [3.63, 3.8) is 0 Å². The minimum absolute atomic E-state index is 0.0269. The molecule has 2 saturated heterocycles. The van der Waals surface area contributed by atoms with Gasteiger partial charge >= 0.3 is 6.09 Å². The molecule has 0 aliphatic carbocycles. The van der Waals surface area contributed by atoms with Crippen LogP contribution in [0.5, 0.6) is 5.75 Å². The largest absolute Gasteiger partial charge is 0.415 e. The molecule has 2 aliphatic heterocycles. The fourth-order valence-corrected chi connectivity index (χ4v) is 4.28. The van der Waals surface area contributed by atoms with Crippen LogP contribution < -0.4 is 10.5 Å². The van der Waals surface area contributed by atoms with Crippen LogP contribution in [0.15, 0.2) is 54.6 Å². The summed E-state index contributed by atoms with van der Waals surface area (Å²) in [5.74, 6) is 0.579. The first kappa shape index (κ1) is 19.9. The quantitative estimate of drug-likeness (QED) is 0.861. The summed E-state index contributed by atoms with van der Waals surface area (Å²) in [6.45, 7) is 6.31. The maximum atomic E-state index is 12.5. The summed E-state index contributed by atoms with van der Waals surface area (Å²) in [7, 11) is 0. The number of carbonyl (C=O) groups excluding carboxylic acids is 1. The third-order valence-corrected chi connectivity index (χ3v) is 6.07. The van der Waals surface area contributed by atoms with Gasteiger partial charge in [0.2, 0.25) is 0 Å². The van der Waals surface area contributed by atoms with Gasteiger partial charge in [0.15, 0.2) is 0 Å². The molecule has 0 saturated carbocycles. The average Bonchev–Trinajstić information content (AvgIpc) is 3.26. The van der Waals surface area contributed by atoms with Gasteiger partial charge in [0.05, 0.1) is 12.1 Å². The molecule has 2 aromatic carbocycles. The first-order valence-corrected chi connectivity index (χ1v) is 10.3. The van der Waals surface area contributed by atoms with Crippen LogP contribution in [-0.4, -0.2) is 55.3 Å². The summed E-state index contributed by atoms with van der Waals surface area (Å²) >= 11 is 0. The molecular formula is C23H29N3O3. The highest BCUT2D eigenvalue weighted by molar-refractivity contribution is 5.70. The Morgan fingerprint density at radius 3 is 2.34 bits per heavy atom. The Kier molecular flexibility index (Phi) is 5.85. The van der Waals surface area contributed by atoms with E-state index >= 15 is 0 Å². The minimum atomic E-state index is -0.283. The van der Waals surface area contributed by atoms with E-state index in [1.807, 2.05) is 25.1 Å². The van der Waals surface area contributed by atoms with Crippen molar-refractivity contribution in [1.82, 2.24) is 9.80 Å². The SMILES string of the molecule is C[C@H](N)c1ccc(C2(N3CCN(C(=O)Oc4ccccc4)CC3)CCOC2)cc1. The molecule has 6 nitrogen and oxygen atoms in total. The zero-order valence-electron chi connectivity index (χ0n) is 16.9. The third kappa shape index (κ3) is 4.15. The van der Waals surface area contributed by atoms with E-state index in [0.29, 0.717) is 25.4 Å². The number of nitrogens with zero attached hydrogens (tertiary/aromatic N) is 2. The van der Waals surface area contributed by atoms with E-state index in [0.717, 1.165) is 31.7 Å². The van der Waals surface area contributed by atoms with Gasteiger partial charge in [-0.25, -0.2) is 4.79 Å². The highest BCUT2D eigenvalue weighted by atomic mass is 16.6. The number of carbonyl (C=O) groups is 1. The number of rotatable bonds is 4. The molecular weight excluding hydrogens is 366 g/mol. The van der Waals surface area contributed by atoms with Gasteiger partial charge < -0.3 is 20.1 Å². The second-order valence-electron chi connectivity index (χ2n) is 7.90. The fourth-order valence-electron chi connectivity index (χ4n) is 4.28. The maximum absolute atomic E-state index is 12.5. The first-order chi connectivity index (χ1) is 14.1. The lowest BCUT2D eigenvalue weighted by Gasteiger charge is -2.45. The van der Waals surface area contributed by atoms with Crippen LogP contribution in [0.2, 0.25) is 0 Å². The van der Waals surface area contributed by atoms with E-state index in [9.17, 15) is 4.79 Å². The molecule has 2 aromatic rings. The Balaban J connectivity index is 1.43. The molecule has 1 amide bonds. The summed E-state index contributed by atoms with van der Waals surface area (Å²) in [6, 6.07) is 17.9. The number of para-hydroxylation sites is 1. The molecule has 2 heterocycles. The van der Waals surface area contributed by atoms with Crippen LogP contribution in [0.1, 0.15) is 30.5 Å². The standard InChI is InChI=1S/C23H29N3O3/c1-18(24)19-7-9-20(10-8-19)23(11-16-28-17-23)26-14-12-25(13-15-26)22(27)29-21-5-3-2-4-6-21/h2-10,18H,11-17,24H2,1H3/t18-,23?/m0/s1.